The molecule has 27 nitrogen and oxygen atoms in total. The molecule has 2 aromatic rings. The number of carbonyl (C=O) groups excluding carboxylic acids is 9. The normalized spacial score (nSPS) is 27.7. The van der Waals surface area contributed by atoms with Gasteiger partial charge in [-0.05, 0) is 11.5 Å². The summed E-state index contributed by atoms with van der Waals surface area (Å²) in [5.74, 6) is -13.6. The number of rotatable bonds is 8. The summed E-state index contributed by atoms with van der Waals surface area (Å²) in [5, 5.41) is 70.0. The number of fused-ring (bicyclic) bond motifs is 5. The third-order valence-electron chi connectivity index (χ3n) is 11.8. The highest BCUT2D eigenvalue weighted by Crippen LogP contribution is 2.36. The summed E-state index contributed by atoms with van der Waals surface area (Å²) in [5.41, 5.74) is 4.28. The number of carbonyl (C=O) groups is 9. The average Bonchev–Trinajstić information content (AvgIpc) is 3.84. The molecule has 11 atom stereocenters. The van der Waals surface area contributed by atoms with Crippen LogP contribution in [0.3, 0.4) is 0 Å². The Labute approximate surface area is 382 Å². The maximum atomic E-state index is 14.7. The third kappa shape index (κ3) is 12.0. The summed E-state index contributed by atoms with van der Waals surface area (Å²) >= 11 is 0. The number of phenolic OH excluding ortho intramolecular Hbond substituents is 1. The molecule has 1 fully saturated rings. The van der Waals surface area contributed by atoms with E-state index in [-0.39, 0.29) is 21.5 Å². The van der Waals surface area contributed by atoms with Crippen LogP contribution in [0.5, 0.6) is 5.75 Å². The van der Waals surface area contributed by atoms with Gasteiger partial charge >= 0.3 is 5.69 Å². The lowest BCUT2D eigenvalue weighted by Crippen LogP contribution is -2.62. The number of aromatic hydroxyl groups is 1. The van der Waals surface area contributed by atoms with Gasteiger partial charge in [-0.2, -0.15) is 0 Å². The highest BCUT2D eigenvalue weighted by atomic mass is 32.2. The minimum Gasteiger partial charge on any atom is -0.502 e. The number of hydrogen-bond acceptors (Lipinski definition) is 16. The summed E-state index contributed by atoms with van der Waals surface area (Å²) in [4.78, 5) is 139. The van der Waals surface area contributed by atoms with Crippen molar-refractivity contribution in [2.45, 2.75) is 99.9 Å². The lowest BCUT2D eigenvalue weighted by molar-refractivity contribution is -0.385. The van der Waals surface area contributed by atoms with Gasteiger partial charge in [0, 0.05) is 42.8 Å². The molecule has 67 heavy (non-hydrogen) atoms. The Kier molecular flexibility index (Phi) is 16.6. The minimum atomic E-state index is -2.57. The number of nitrogens with one attached hydrogen (secondary N) is 8. The van der Waals surface area contributed by atoms with Gasteiger partial charge < -0.3 is 73.3 Å². The third-order valence-corrected chi connectivity index (χ3v) is 13.3. The molecular weight excluding hydrogens is 911 g/mol. The van der Waals surface area contributed by atoms with Crippen LogP contribution >= 0.6 is 0 Å². The number of nitrogens with two attached hydrogens (primary N) is 1. The van der Waals surface area contributed by atoms with Crippen molar-refractivity contribution in [1.82, 2.24) is 47.1 Å². The Morgan fingerprint density at radius 3 is 2.19 bits per heavy atom. The molecule has 0 aliphatic carbocycles. The molecule has 0 spiro atoms. The zero-order valence-corrected chi connectivity index (χ0v) is 37.2. The quantitative estimate of drug-likeness (QED) is 0.0865. The van der Waals surface area contributed by atoms with Crippen LogP contribution in [-0.2, 0) is 60.4 Å². The summed E-state index contributed by atoms with van der Waals surface area (Å²) in [6.45, 7) is 1.37. The standard InChI is InChI=1S/C39H53N11O16S/c1-4-15(2)31-36(61)42-10-29(56)43-23-14-67(66)38-19(18-7-24(50(64)65)26(53)8-20(18)46-38)6-21(33(58)41-11-30(57)47-31)44-37(62)32(16(3)27(54)13-51)48-35(60)25-5-17(52)12-49(25)39(63)22(9-28(40)55)45-34(23)59/h7-8,15-17,21-23,25,27,31-32,46,51-54H,4-6,9-14H2,1-3H3,(H2,40,55)(H,41,58)(H,42,61)(H,43,56)(H,44,62)(H,45,59)(H,47,57)(H,48,60)/t15-,16?,17+,21-,22-,23-,25-,27-,31-,32-,67?/m0/s1. The van der Waals surface area contributed by atoms with E-state index in [4.69, 9.17) is 5.73 Å². The summed E-state index contributed by atoms with van der Waals surface area (Å²) in [6.07, 6.45) is -4.91. The fourth-order valence-corrected chi connectivity index (χ4v) is 9.27. The van der Waals surface area contributed by atoms with Crippen LogP contribution in [0.2, 0.25) is 0 Å². The van der Waals surface area contributed by atoms with Crippen molar-refractivity contribution in [3.8, 4) is 5.75 Å². The van der Waals surface area contributed by atoms with Crippen molar-refractivity contribution in [3.63, 3.8) is 0 Å². The zero-order chi connectivity index (χ0) is 49.6. The zero-order valence-electron chi connectivity index (χ0n) is 36.4. The fraction of sp³-hybridized carbons (Fsp3) is 0.564. The van der Waals surface area contributed by atoms with E-state index in [1.807, 2.05) is 0 Å². The van der Waals surface area contributed by atoms with Crippen molar-refractivity contribution in [3.05, 3.63) is 27.8 Å². The number of nitro groups is 1. The van der Waals surface area contributed by atoms with Crippen LogP contribution in [0.25, 0.3) is 10.9 Å². The topological polar surface area (TPSA) is 424 Å². The number of nitro benzene ring substituents is 1. The van der Waals surface area contributed by atoms with Crippen molar-refractivity contribution in [1.29, 1.82) is 0 Å². The molecule has 0 saturated carbocycles. The molecule has 4 heterocycles. The van der Waals surface area contributed by atoms with Gasteiger partial charge in [-0.15, -0.1) is 0 Å². The minimum absolute atomic E-state index is 0.119. The second kappa shape index (κ2) is 21.7. The molecule has 2 unspecified atom stereocenters. The van der Waals surface area contributed by atoms with Crippen LogP contribution in [0, 0.1) is 22.0 Å². The highest BCUT2D eigenvalue weighted by molar-refractivity contribution is 7.85. The maximum absolute atomic E-state index is 14.7. The number of aliphatic hydroxyl groups is 3. The molecule has 14 N–H and O–H groups in total. The van der Waals surface area contributed by atoms with Crippen LogP contribution in [0.15, 0.2) is 17.2 Å². The number of amides is 9. The summed E-state index contributed by atoms with van der Waals surface area (Å²) in [7, 11) is -2.57. The first kappa shape index (κ1) is 51.2. The Morgan fingerprint density at radius 2 is 1.57 bits per heavy atom. The van der Waals surface area contributed by atoms with E-state index in [0.717, 1.165) is 17.0 Å². The maximum Gasteiger partial charge on any atom is 0.311 e. The summed E-state index contributed by atoms with van der Waals surface area (Å²) in [6, 6.07) is -8.76. The molecule has 9 amide bonds. The van der Waals surface area contributed by atoms with E-state index >= 15 is 0 Å². The number of nitrogens with zero attached hydrogens (tertiary/aromatic N) is 2. The van der Waals surface area contributed by atoms with E-state index in [0.29, 0.717) is 6.42 Å². The molecule has 2 bridgehead atoms. The van der Waals surface area contributed by atoms with E-state index in [1.165, 1.54) is 6.92 Å². The molecule has 1 saturated heterocycles. The number of aromatic amines is 1. The van der Waals surface area contributed by atoms with Gasteiger partial charge in [0.2, 0.25) is 53.2 Å². The molecule has 3 aliphatic rings. The van der Waals surface area contributed by atoms with Crippen molar-refractivity contribution < 1.29 is 72.7 Å². The number of hydrogen-bond donors (Lipinski definition) is 13. The van der Waals surface area contributed by atoms with Crippen molar-refractivity contribution in [2.75, 3.05) is 32.0 Å². The number of phenols is 1. The first-order valence-electron chi connectivity index (χ1n) is 21.1. The lowest BCUT2D eigenvalue weighted by atomic mass is 9.93. The number of aliphatic hydroxyl groups excluding tert-OH is 3. The number of H-pyrrole nitrogens is 1. The van der Waals surface area contributed by atoms with Gasteiger partial charge in [0.05, 0.1) is 65.3 Å². The highest BCUT2D eigenvalue weighted by Gasteiger charge is 2.45. The van der Waals surface area contributed by atoms with Crippen LogP contribution < -0.4 is 43.0 Å². The van der Waals surface area contributed by atoms with Crippen LogP contribution in [0.1, 0.15) is 45.6 Å². The lowest BCUT2D eigenvalue weighted by Gasteiger charge is -2.32. The molecule has 1 aromatic heterocycles. The Morgan fingerprint density at radius 1 is 0.910 bits per heavy atom. The van der Waals surface area contributed by atoms with E-state index in [9.17, 15) is 77.9 Å². The van der Waals surface area contributed by atoms with Gasteiger partial charge in [0.1, 0.15) is 41.3 Å². The average molecular weight is 964 g/mol. The predicted octanol–water partition coefficient (Wildman–Crippen LogP) is -6.01. The van der Waals surface area contributed by atoms with E-state index < -0.39 is 192 Å². The van der Waals surface area contributed by atoms with Crippen molar-refractivity contribution in [2.24, 2.45) is 17.6 Å². The molecule has 3 aliphatic heterocycles. The SMILES string of the molecule is CC[C@H](C)[C@@H]1NC(=O)CNC(=O)[C@@H]2Cc3c([nH]c4cc(O)c([N+](=O)[O-])cc34)S(=O)C[C@H](NC(=O)CNC1=O)C(=O)N[C@@H](CC(N)=O)C(=O)N1C[C@H](O)C[C@H]1C(=O)N[C@@H](C(C)[C@@H](O)CO)C(=O)N2. The first-order valence-corrected chi connectivity index (χ1v) is 22.4. The molecule has 0 radical (unpaired) electrons. The molecule has 1 aromatic carbocycles. The van der Waals surface area contributed by atoms with Crippen molar-refractivity contribution >= 4 is 80.6 Å². The number of benzene rings is 1. The monoisotopic (exact) mass is 963 g/mol. The van der Waals surface area contributed by atoms with E-state index in [1.54, 1.807) is 13.8 Å². The van der Waals surface area contributed by atoms with Crippen LogP contribution in [-0.4, -0.2) is 173 Å². The van der Waals surface area contributed by atoms with Crippen LogP contribution in [0.4, 0.5) is 5.69 Å². The molecule has 28 heteroatoms. The molecule has 366 valence electrons. The second-order valence-corrected chi connectivity index (χ2v) is 18.0. The van der Waals surface area contributed by atoms with E-state index in [2.05, 4.69) is 42.2 Å². The Bertz CT molecular complexity index is 2360. The largest absolute Gasteiger partial charge is 0.502 e. The number of aromatic nitrogens is 1. The number of primary amides is 1. The van der Waals surface area contributed by atoms with Gasteiger partial charge in [-0.3, -0.25) is 57.5 Å². The first-order chi connectivity index (χ1) is 31.5. The van der Waals surface area contributed by atoms with Gasteiger partial charge in [0.25, 0.3) is 0 Å². The fourth-order valence-electron chi connectivity index (χ4n) is 7.88. The Balaban J connectivity index is 1.78. The molecule has 5 rings (SSSR count). The molecular formula is C39H53N11O16S. The van der Waals surface area contributed by atoms with Gasteiger partial charge in [-0.25, -0.2) is 0 Å². The summed E-state index contributed by atoms with van der Waals surface area (Å²) < 4.78 is 14.7. The predicted molar refractivity (Wildman–Crippen MR) is 229 cm³/mol. The second-order valence-electron chi connectivity index (χ2n) is 16.6. The van der Waals surface area contributed by atoms with Gasteiger partial charge in [0.15, 0.2) is 5.75 Å². The smallest absolute Gasteiger partial charge is 0.311 e. The van der Waals surface area contributed by atoms with Gasteiger partial charge in [-0.1, -0.05) is 27.2 Å². The Hall–Kier alpha value is -6.78.